The van der Waals surface area contributed by atoms with Crippen LogP contribution in [0.3, 0.4) is 0 Å². The Bertz CT molecular complexity index is 4120. The predicted molar refractivity (Wildman–Crippen MR) is 245 cm³/mol. The lowest BCUT2D eigenvalue weighted by Crippen LogP contribution is -2.00. The minimum absolute atomic E-state index is 0.0869. The highest BCUT2D eigenvalue weighted by atomic mass is 16.3. The smallest absolute Gasteiger partial charge is 0.164 e. The highest BCUT2D eigenvalue weighted by Crippen LogP contribution is 2.40. The Hall–Kier alpha value is -8.15. The maximum Gasteiger partial charge on any atom is 0.164 e. The van der Waals surface area contributed by atoms with Gasteiger partial charge >= 0.3 is 0 Å². The van der Waals surface area contributed by atoms with Crippen LogP contribution in [0.15, 0.2) is 209 Å². The number of aromatic nitrogens is 3. The quantitative estimate of drug-likeness (QED) is 0.168. The van der Waals surface area contributed by atoms with Crippen LogP contribution in [-0.2, 0) is 0 Å². The molecule has 60 heavy (non-hydrogen) atoms. The third-order valence-corrected chi connectivity index (χ3v) is 10.8. The molecular weight excluding hydrogens is 735 g/mol. The summed E-state index contributed by atoms with van der Waals surface area (Å²) in [6.45, 7) is 0. The van der Waals surface area contributed by atoms with Crippen molar-refractivity contribution in [1.82, 2.24) is 15.0 Å². The first-order valence-electron chi connectivity index (χ1n) is 23.9. The molecule has 0 spiro atoms. The zero-order chi connectivity index (χ0) is 47.4. The Kier molecular flexibility index (Phi) is 5.95. The fourth-order valence-electron chi connectivity index (χ4n) is 7.92. The van der Waals surface area contributed by atoms with Crippen molar-refractivity contribution in [2.45, 2.75) is 0 Å². The Labute approximate surface area is 357 Å². The molecule has 12 rings (SSSR count). The Balaban J connectivity index is 1.08. The molecule has 0 amide bonds. The fourth-order valence-corrected chi connectivity index (χ4v) is 7.92. The lowest BCUT2D eigenvalue weighted by atomic mass is 9.99. The van der Waals surface area contributed by atoms with Crippen LogP contribution in [0, 0.1) is 0 Å². The number of nitrogens with zero attached hydrogens (tertiary/aromatic N) is 3. The van der Waals surface area contributed by atoms with Crippen molar-refractivity contribution in [2.24, 2.45) is 0 Å². The minimum atomic E-state index is -0.571. The summed E-state index contributed by atoms with van der Waals surface area (Å²) in [5.74, 6) is 0.300. The van der Waals surface area contributed by atoms with Gasteiger partial charge < -0.3 is 8.83 Å². The second kappa shape index (κ2) is 13.8. The molecule has 0 aliphatic carbocycles. The zero-order valence-corrected chi connectivity index (χ0v) is 31.5. The van der Waals surface area contributed by atoms with Crippen molar-refractivity contribution in [3.63, 3.8) is 0 Å². The van der Waals surface area contributed by atoms with E-state index < -0.39 is 48.3 Å². The summed E-state index contributed by atoms with van der Waals surface area (Å²) in [5, 5.41) is 1.26. The summed E-state index contributed by atoms with van der Waals surface area (Å²) in [7, 11) is 0. The summed E-state index contributed by atoms with van der Waals surface area (Å²) in [5.41, 5.74) is 7.89. The summed E-state index contributed by atoms with van der Waals surface area (Å²) in [6, 6.07) is 43.3. The van der Waals surface area contributed by atoms with Gasteiger partial charge in [-0.2, -0.15) is 0 Å². The van der Waals surface area contributed by atoms with Gasteiger partial charge in [-0.1, -0.05) is 152 Å². The molecule has 0 saturated carbocycles. The van der Waals surface area contributed by atoms with Gasteiger partial charge in [0.25, 0.3) is 0 Å². The van der Waals surface area contributed by atoms with Gasteiger partial charge in [0.1, 0.15) is 22.3 Å². The van der Waals surface area contributed by atoms with Crippen LogP contribution >= 0.6 is 0 Å². The molecule has 0 N–H and O–H groups in total. The molecule has 0 aliphatic rings. The number of hydrogen-bond donors (Lipinski definition) is 0. The first-order chi connectivity index (χ1) is 33.5. The van der Waals surface area contributed by atoms with Crippen molar-refractivity contribution in [1.29, 1.82) is 0 Å². The topological polar surface area (TPSA) is 65.0 Å². The molecule has 5 heteroatoms. The summed E-state index contributed by atoms with van der Waals surface area (Å²) < 4.78 is 93.0. The molecular formula is C55H33N3O2. The maximum absolute atomic E-state index is 9.72. The SMILES string of the molecule is [2H]c1c(-c2nc(-c3cccc(-c4ccc(-c5ccccc5)cc4)c3)nc(-c3ccc4c(c3)oc3cccc(-c5ccccc5)c34)n2)c([2H])c2c(oc3c4c([2H])c([2H])c([2H])c([2H])c4c([2H])c([2H])c32)c1[2H]. The van der Waals surface area contributed by atoms with Crippen LogP contribution in [0.25, 0.3) is 122 Å². The molecule has 280 valence electrons. The Morgan fingerprint density at radius 3 is 1.80 bits per heavy atom. The molecule has 5 nitrogen and oxygen atoms in total. The third kappa shape index (κ3) is 5.75. The van der Waals surface area contributed by atoms with Crippen LogP contribution in [0.2, 0.25) is 0 Å². The monoisotopic (exact) mass is 776 g/mol. The molecule has 0 atom stereocenters. The molecule has 0 unspecified atom stereocenters. The van der Waals surface area contributed by atoms with Crippen molar-refractivity contribution in [3.8, 4) is 67.5 Å². The van der Waals surface area contributed by atoms with E-state index in [2.05, 4.69) is 42.5 Å². The van der Waals surface area contributed by atoms with E-state index in [0.29, 0.717) is 22.3 Å². The molecule has 0 radical (unpaired) electrons. The van der Waals surface area contributed by atoms with Gasteiger partial charge in [0, 0.05) is 43.6 Å². The van der Waals surface area contributed by atoms with Crippen LogP contribution < -0.4 is 0 Å². The highest BCUT2D eigenvalue weighted by Gasteiger charge is 2.18. The maximum atomic E-state index is 9.72. The summed E-state index contributed by atoms with van der Waals surface area (Å²) in [4.78, 5) is 14.8. The van der Waals surface area contributed by atoms with E-state index in [1.165, 1.54) is 0 Å². The van der Waals surface area contributed by atoms with Crippen LogP contribution in [0.4, 0.5) is 0 Å². The van der Waals surface area contributed by atoms with E-state index in [1.54, 1.807) is 0 Å². The third-order valence-electron chi connectivity index (χ3n) is 10.8. The van der Waals surface area contributed by atoms with Crippen LogP contribution in [0.5, 0.6) is 0 Å². The van der Waals surface area contributed by atoms with Gasteiger partial charge in [0.15, 0.2) is 17.5 Å². The van der Waals surface area contributed by atoms with E-state index in [9.17, 15) is 4.11 Å². The molecule has 3 heterocycles. The van der Waals surface area contributed by atoms with E-state index in [1.807, 2.05) is 103 Å². The highest BCUT2D eigenvalue weighted by molar-refractivity contribution is 6.16. The largest absolute Gasteiger partial charge is 0.456 e. The van der Waals surface area contributed by atoms with E-state index in [-0.39, 0.29) is 61.8 Å². The van der Waals surface area contributed by atoms with E-state index >= 15 is 0 Å². The van der Waals surface area contributed by atoms with Crippen LogP contribution in [-0.4, -0.2) is 15.0 Å². The number of benzene rings is 9. The molecule has 0 fully saturated rings. The number of hydrogen-bond acceptors (Lipinski definition) is 5. The minimum Gasteiger partial charge on any atom is -0.456 e. The first kappa shape index (κ1) is 26.0. The zero-order valence-electron chi connectivity index (χ0n) is 40.5. The van der Waals surface area contributed by atoms with Crippen molar-refractivity contribution >= 4 is 54.6 Å². The van der Waals surface area contributed by atoms with Crippen LogP contribution in [0.1, 0.15) is 12.3 Å². The van der Waals surface area contributed by atoms with Gasteiger partial charge in [0.2, 0.25) is 0 Å². The van der Waals surface area contributed by atoms with E-state index in [0.717, 1.165) is 44.2 Å². The Morgan fingerprint density at radius 1 is 0.367 bits per heavy atom. The predicted octanol–water partition coefficient (Wildman–Crippen LogP) is 14.8. The lowest BCUT2D eigenvalue weighted by Gasteiger charge is -2.10. The second-order valence-electron chi connectivity index (χ2n) is 14.4. The normalized spacial score (nSPS) is 13.8. The molecule has 0 saturated heterocycles. The number of fused-ring (bicyclic) bond motifs is 8. The Morgan fingerprint density at radius 2 is 1.00 bits per heavy atom. The lowest BCUT2D eigenvalue weighted by molar-refractivity contribution is 0.669. The average Bonchev–Trinajstić information content (AvgIpc) is 3.98. The molecule has 0 aliphatic heterocycles. The van der Waals surface area contributed by atoms with Crippen molar-refractivity contribution < 1.29 is 21.2 Å². The first-order valence-corrected chi connectivity index (χ1v) is 19.4. The van der Waals surface area contributed by atoms with Crippen molar-refractivity contribution in [2.75, 3.05) is 0 Å². The summed E-state index contributed by atoms with van der Waals surface area (Å²) >= 11 is 0. The second-order valence-corrected chi connectivity index (χ2v) is 14.4. The fraction of sp³-hybridized carbons (Fsp3) is 0. The number of rotatable bonds is 6. The van der Waals surface area contributed by atoms with Gasteiger partial charge in [-0.3, -0.25) is 0 Å². The van der Waals surface area contributed by atoms with Crippen molar-refractivity contribution in [3.05, 3.63) is 200 Å². The summed E-state index contributed by atoms with van der Waals surface area (Å²) in [6.07, 6.45) is 0. The average molecular weight is 777 g/mol. The van der Waals surface area contributed by atoms with Gasteiger partial charge in [0.05, 0.1) is 12.3 Å². The van der Waals surface area contributed by atoms with Gasteiger partial charge in [-0.25, -0.2) is 15.0 Å². The molecule has 3 aromatic heterocycles. The van der Waals surface area contributed by atoms with Gasteiger partial charge in [-0.15, -0.1) is 0 Å². The van der Waals surface area contributed by atoms with E-state index in [4.69, 9.17) is 32.0 Å². The molecule has 9 aromatic carbocycles. The standard InChI is InChI=1S/C55H33N3O2/c1-3-11-34(12-4-1)35-21-23-36(24-22-35)39-16-9-17-40(31-39)53-56-54(41-27-30-48-47(32-41)45-28-25-38-15-7-8-18-44(38)52(45)60-48)58-55(57-53)42-26-29-46-50(33-42)59-49-20-10-19-43(51(46)49)37-13-5-2-6-14-37/h1-33H/i7D,8D,15D,18D,25D,27D,28D,30D,32D. The molecule has 0 bridgehead atoms. The molecule has 12 aromatic rings. The number of furan rings is 2. The van der Waals surface area contributed by atoms with Gasteiger partial charge in [-0.05, 0) is 87.2 Å².